The summed E-state index contributed by atoms with van der Waals surface area (Å²) in [6, 6.07) is 3.34. The van der Waals surface area contributed by atoms with E-state index in [-0.39, 0.29) is 4.90 Å². The molecule has 0 saturated heterocycles. The lowest BCUT2D eigenvalue weighted by molar-refractivity contribution is 0.233. The van der Waals surface area contributed by atoms with E-state index in [1.165, 1.54) is 56.7 Å². The molecule has 1 aliphatic rings. The van der Waals surface area contributed by atoms with Crippen LogP contribution in [0.3, 0.4) is 0 Å². The number of nitrogens with zero attached hydrogens (tertiary/aromatic N) is 2. The van der Waals surface area contributed by atoms with Crippen LogP contribution in [0.4, 0.5) is 5.82 Å². The van der Waals surface area contributed by atoms with Crippen LogP contribution < -0.4 is 5.32 Å². The van der Waals surface area contributed by atoms with Crippen LogP contribution >= 0.6 is 0 Å². The van der Waals surface area contributed by atoms with E-state index in [0.29, 0.717) is 5.41 Å². The molecule has 0 aliphatic heterocycles. The molecule has 2 rings (SSSR count). The van der Waals surface area contributed by atoms with Gasteiger partial charge in [0, 0.05) is 26.8 Å². The second-order valence-corrected chi connectivity index (χ2v) is 8.54. The first kappa shape index (κ1) is 16.2. The fourth-order valence-corrected chi connectivity index (χ4v) is 3.58. The number of hydrogen-bond acceptors (Lipinski definition) is 4. The van der Waals surface area contributed by atoms with Crippen molar-refractivity contribution in [1.82, 2.24) is 9.29 Å². The van der Waals surface area contributed by atoms with Crippen molar-refractivity contribution in [2.75, 3.05) is 26.0 Å². The Hall–Kier alpha value is -1.14. The number of rotatable bonds is 5. The minimum Gasteiger partial charge on any atom is -0.370 e. The molecule has 21 heavy (non-hydrogen) atoms. The Kier molecular flexibility index (Phi) is 4.88. The molecule has 1 aromatic heterocycles. The standard InChI is InChI=1S/C15H25N3O2S/c1-15(9-5-4-6-10-15)12-17-14-8-7-13(11-16-14)21(19,20)18(2)3/h7-8,11H,4-6,9-10,12H2,1-3H3,(H,16,17). The van der Waals surface area contributed by atoms with E-state index in [1.807, 2.05) is 0 Å². The third kappa shape index (κ3) is 3.95. The van der Waals surface area contributed by atoms with Gasteiger partial charge in [0.05, 0.1) is 0 Å². The lowest BCUT2D eigenvalue weighted by Gasteiger charge is -2.33. The monoisotopic (exact) mass is 311 g/mol. The van der Waals surface area contributed by atoms with Crippen LogP contribution in [0.25, 0.3) is 0 Å². The molecule has 5 nitrogen and oxygen atoms in total. The van der Waals surface area contributed by atoms with Gasteiger partial charge >= 0.3 is 0 Å². The zero-order valence-electron chi connectivity index (χ0n) is 13.1. The van der Waals surface area contributed by atoms with Gasteiger partial charge in [-0.2, -0.15) is 0 Å². The van der Waals surface area contributed by atoms with E-state index in [2.05, 4.69) is 17.2 Å². The maximum Gasteiger partial charge on any atom is 0.244 e. The van der Waals surface area contributed by atoms with Crippen molar-refractivity contribution in [3.8, 4) is 0 Å². The average Bonchev–Trinajstić information content (AvgIpc) is 2.46. The molecule has 0 atom stereocenters. The molecule has 0 amide bonds. The van der Waals surface area contributed by atoms with Gasteiger partial charge in [-0.1, -0.05) is 26.2 Å². The highest BCUT2D eigenvalue weighted by Crippen LogP contribution is 2.35. The molecule has 1 aliphatic carbocycles. The maximum absolute atomic E-state index is 12.0. The fourth-order valence-electron chi connectivity index (χ4n) is 2.73. The van der Waals surface area contributed by atoms with Crippen molar-refractivity contribution in [2.45, 2.75) is 43.9 Å². The van der Waals surface area contributed by atoms with E-state index >= 15 is 0 Å². The zero-order chi connectivity index (χ0) is 15.5. The summed E-state index contributed by atoms with van der Waals surface area (Å²) in [5.41, 5.74) is 0.328. The van der Waals surface area contributed by atoms with Crippen molar-refractivity contribution in [2.24, 2.45) is 5.41 Å². The minimum atomic E-state index is -3.40. The summed E-state index contributed by atoms with van der Waals surface area (Å²) in [6.45, 7) is 3.20. The van der Waals surface area contributed by atoms with Gasteiger partial charge in [-0.05, 0) is 30.4 Å². The summed E-state index contributed by atoms with van der Waals surface area (Å²) < 4.78 is 25.1. The van der Waals surface area contributed by atoms with Crippen LogP contribution in [-0.4, -0.2) is 38.3 Å². The lowest BCUT2D eigenvalue weighted by atomic mass is 9.76. The van der Waals surface area contributed by atoms with Crippen molar-refractivity contribution in [3.63, 3.8) is 0 Å². The molecule has 1 aromatic rings. The third-order valence-electron chi connectivity index (χ3n) is 4.27. The Balaban J connectivity index is 2.00. The second-order valence-electron chi connectivity index (χ2n) is 6.39. The van der Waals surface area contributed by atoms with Crippen LogP contribution in [0.1, 0.15) is 39.0 Å². The Morgan fingerprint density at radius 1 is 1.24 bits per heavy atom. The third-order valence-corrected chi connectivity index (χ3v) is 6.07. The second kappa shape index (κ2) is 6.32. The SMILES string of the molecule is CN(C)S(=O)(=O)c1ccc(NCC2(C)CCCCC2)nc1. The summed E-state index contributed by atoms with van der Waals surface area (Å²) in [4.78, 5) is 4.45. The van der Waals surface area contributed by atoms with Gasteiger partial charge in [-0.25, -0.2) is 17.7 Å². The van der Waals surface area contributed by atoms with Crippen molar-refractivity contribution in [3.05, 3.63) is 18.3 Å². The predicted octanol–water partition coefficient (Wildman–Crippen LogP) is 2.71. The summed E-state index contributed by atoms with van der Waals surface area (Å²) >= 11 is 0. The van der Waals surface area contributed by atoms with E-state index in [0.717, 1.165) is 12.4 Å². The highest BCUT2D eigenvalue weighted by atomic mass is 32.2. The molecule has 0 unspecified atom stereocenters. The number of aromatic nitrogens is 1. The van der Waals surface area contributed by atoms with E-state index in [4.69, 9.17) is 0 Å². The van der Waals surface area contributed by atoms with Gasteiger partial charge in [0.1, 0.15) is 10.7 Å². The number of anilines is 1. The van der Waals surface area contributed by atoms with E-state index in [9.17, 15) is 8.42 Å². The largest absolute Gasteiger partial charge is 0.370 e. The van der Waals surface area contributed by atoms with Gasteiger partial charge < -0.3 is 5.32 Å². The highest BCUT2D eigenvalue weighted by Gasteiger charge is 2.26. The molecule has 0 aromatic carbocycles. The number of nitrogens with one attached hydrogen (secondary N) is 1. The summed E-state index contributed by atoms with van der Waals surface area (Å²) in [6.07, 6.45) is 7.84. The average molecular weight is 311 g/mol. The molecule has 0 bridgehead atoms. The Bertz CT molecular complexity index is 561. The predicted molar refractivity (Wildman–Crippen MR) is 84.8 cm³/mol. The maximum atomic E-state index is 12.0. The molecule has 0 spiro atoms. The van der Waals surface area contributed by atoms with Gasteiger partial charge in [0.25, 0.3) is 0 Å². The van der Waals surface area contributed by atoms with Crippen LogP contribution in [-0.2, 0) is 10.0 Å². The lowest BCUT2D eigenvalue weighted by Crippen LogP contribution is -2.29. The fraction of sp³-hybridized carbons (Fsp3) is 0.667. The quantitative estimate of drug-likeness (QED) is 0.908. The number of pyridine rings is 1. The Morgan fingerprint density at radius 3 is 2.43 bits per heavy atom. The molecule has 1 heterocycles. The summed E-state index contributed by atoms with van der Waals surface area (Å²) in [5, 5.41) is 3.34. The molecule has 1 N–H and O–H groups in total. The highest BCUT2D eigenvalue weighted by molar-refractivity contribution is 7.89. The van der Waals surface area contributed by atoms with Crippen molar-refractivity contribution >= 4 is 15.8 Å². The Morgan fingerprint density at radius 2 is 1.90 bits per heavy atom. The van der Waals surface area contributed by atoms with Gasteiger partial charge in [0.15, 0.2) is 0 Å². The smallest absolute Gasteiger partial charge is 0.244 e. The molecule has 1 saturated carbocycles. The first-order valence-electron chi connectivity index (χ1n) is 7.46. The molecule has 1 fully saturated rings. The first-order valence-corrected chi connectivity index (χ1v) is 8.90. The molecule has 118 valence electrons. The van der Waals surface area contributed by atoms with Crippen LogP contribution in [0, 0.1) is 5.41 Å². The normalized spacial score (nSPS) is 18.7. The van der Waals surface area contributed by atoms with E-state index in [1.54, 1.807) is 12.1 Å². The minimum absolute atomic E-state index is 0.224. The molecular weight excluding hydrogens is 286 g/mol. The number of sulfonamides is 1. The van der Waals surface area contributed by atoms with Crippen LogP contribution in [0.5, 0.6) is 0 Å². The molecule has 6 heteroatoms. The summed E-state index contributed by atoms with van der Waals surface area (Å²) in [5.74, 6) is 0.736. The van der Waals surface area contributed by atoms with E-state index < -0.39 is 10.0 Å². The summed E-state index contributed by atoms with van der Waals surface area (Å²) in [7, 11) is -0.360. The molecular formula is C15H25N3O2S. The van der Waals surface area contributed by atoms with Gasteiger partial charge in [0.2, 0.25) is 10.0 Å². The topological polar surface area (TPSA) is 62.3 Å². The van der Waals surface area contributed by atoms with Crippen molar-refractivity contribution in [1.29, 1.82) is 0 Å². The van der Waals surface area contributed by atoms with Crippen LogP contribution in [0.2, 0.25) is 0 Å². The van der Waals surface area contributed by atoms with Crippen LogP contribution in [0.15, 0.2) is 23.2 Å². The number of hydrogen-bond donors (Lipinski definition) is 1. The zero-order valence-corrected chi connectivity index (χ0v) is 13.9. The Labute approximate surface area is 127 Å². The van der Waals surface area contributed by atoms with Crippen molar-refractivity contribution < 1.29 is 8.42 Å². The van der Waals surface area contributed by atoms with Gasteiger partial charge in [-0.15, -0.1) is 0 Å². The first-order chi connectivity index (χ1) is 9.83. The molecule has 0 radical (unpaired) electrons. The van der Waals surface area contributed by atoms with Gasteiger partial charge in [-0.3, -0.25) is 0 Å².